The highest BCUT2D eigenvalue weighted by Crippen LogP contribution is 2.19. The average molecular weight is 329 g/mol. The fraction of sp³-hybridized carbons (Fsp3) is 0.333. The summed E-state index contributed by atoms with van der Waals surface area (Å²) < 4.78 is 10.7. The number of esters is 1. The zero-order chi connectivity index (χ0) is 16.9. The first-order valence-electron chi connectivity index (χ1n) is 7.84. The number of aliphatic hydroxyl groups excluding tert-OH is 1. The SMILES string of the molecule is O=C(OCC1CC(CO)CO1)c1ccc(C(=O)c2cc[nH]c2)cc1. The van der Waals surface area contributed by atoms with E-state index < -0.39 is 5.97 Å². The minimum Gasteiger partial charge on any atom is -0.459 e. The second-order valence-corrected chi connectivity index (χ2v) is 5.84. The first-order chi connectivity index (χ1) is 11.7. The van der Waals surface area contributed by atoms with Gasteiger partial charge in [-0.15, -0.1) is 0 Å². The lowest BCUT2D eigenvalue weighted by Gasteiger charge is -2.10. The molecule has 126 valence electrons. The number of ketones is 1. The number of carbonyl (C=O) groups is 2. The number of rotatable bonds is 6. The van der Waals surface area contributed by atoms with Crippen molar-refractivity contribution in [2.45, 2.75) is 12.5 Å². The Morgan fingerprint density at radius 2 is 1.92 bits per heavy atom. The van der Waals surface area contributed by atoms with E-state index in [1.807, 2.05) is 0 Å². The molecule has 0 spiro atoms. The summed E-state index contributed by atoms with van der Waals surface area (Å²) in [4.78, 5) is 27.1. The number of nitrogens with one attached hydrogen (secondary N) is 1. The first kappa shape index (κ1) is 16.4. The van der Waals surface area contributed by atoms with Crippen molar-refractivity contribution in [1.29, 1.82) is 0 Å². The largest absolute Gasteiger partial charge is 0.459 e. The molecule has 2 heterocycles. The van der Waals surface area contributed by atoms with Crippen molar-refractivity contribution in [1.82, 2.24) is 4.98 Å². The molecular weight excluding hydrogens is 310 g/mol. The Bertz CT molecular complexity index is 693. The van der Waals surface area contributed by atoms with Crippen LogP contribution in [0.15, 0.2) is 42.7 Å². The first-order valence-corrected chi connectivity index (χ1v) is 7.84. The molecule has 0 saturated carbocycles. The van der Waals surface area contributed by atoms with Crippen molar-refractivity contribution in [3.63, 3.8) is 0 Å². The van der Waals surface area contributed by atoms with E-state index in [-0.39, 0.29) is 31.0 Å². The van der Waals surface area contributed by atoms with Gasteiger partial charge in [-0.3, -0.25) is 4.79 Å². The molecule has 1 fully saturated rings. The van der Waals surface area contributed by atoms with Crippen molar-refractivity contribution in [3.05, 3.63) is 59.4 Å². The summed E-state index contributed by atoms with van der Waals surface area (Å²) in [6.45, 7) is 0.745. The van der Waals surface area contributed by atoms with Gasteiger partial charge < -0.3 is 19.6 Å². The number of carbonyl (C=O) groups excluding carboxylic acids is 2. The summed E-state index contributed by atoms with van der Waals surface area (Å²) in [5.74, 6) is -0.440. The predicted molar refractivity (Wildman–Crippen MR) is 85.9 cm³/mol. The maximum atomic E-state index is 12.2. The van der Waals surface area contributed by atoms with Gasteiger partial charge in [0, 0.05) is 36.0 Å². The molecule has 0 aliphatic carbocycles. The lowest BCUT2D eigenvalue weighted by Crippen LogP contribution is -2.18. The van der Waals surface area contributed by atoms with Gasteiger partial charge in [-0.25, -0.2) is 4.79 Å². The summed E-state index contributed by atoms with van der Waals surface area (Å²) in [5, 5.41) is 9.06. The molecule has 2 atom stereocenters. The summed E-state index contributed by atoms with van der Waals surface area (Å²) in [6.07, 6.45) is 3.84. The molecule has 1 saturated heterocycles. The molecule has 2 N–H and O–H groups in total. The topological polar surface area (TPSA) is 88.6 Å². The zero-order valence-corrected chi connectivity index (χ0v) is 13.1. The second kappa shape index (κ2) is 7.42. The minimum absolute atomic E-state index is 0.0844. The molecule has 1 aliphatic rings. The number of aromatic nitrogens is 1. The van der Waals surface area contributed by atoms with Crippen LogP contribution in [0.1, 0.15) is 32.7 Å². The van der Waals surface area contributed by atoms with Gasteiger partial charge >= 0.3 is 5.97 Å². The Hall–Kier alpha value is -2.44. The highest BCUT2D eigenvalue weighted by Gasteiger charge is 2.26. The highest BCUT2D eigenvalue weighted by molar-refractivity contribution is 6.09. The number of aromatic amines is 1. The van der Waals surface area contributed by atoms with E-state index in [0.717, 1.165) is 0 Å². The number of hydrogen-bond acceptors (Lipinski definition) is 5. The zero-order valence-electron chi connectivity index (χ0n) is 13.1. The van der Waals surface area contributed by atoms with Crippen LogP contribution in [0.2, 0.25) is 0 Å². The molecule has 0 bridgehead atoms. The van der Waals surface area contributed by atoms with E-state index in [1.165, 1.54) is 0 Å². The highest BCUT2D eigenvalue weighted by atomic mass is 16.6. The lowest BCUT2D eigenvalue weighted by atomic mass is 10.0. The van der Waals surface area contributed by atoms with Gasteiger partial charge in [0.15, 0.2) is 5.78 Å². The summed E-state index contributed by atoms with van der Waals surface area (Å²) in [6, 6.07) is 8.08. The van der Waals surface area contributed by atoms with Gasteiger partial charge in [-0.2, -0.15) is 0 Å². The second-order valence-electron chi connectivity index (χ2n) is 5.84. The van der Waals surface area contributed by atoms with Crippen molar-refractivity contribution in [2.24, 2.45) is 5.92 Å². The molecule has 2 aromatic rings. The fourth-order valence-electron chi connectivity index (χ4n) is 2.66. The van der Waals surface area contributed by atoms with Crippen molar-refractivity contribution in [3.8, 4) is 0 Å². The number of hydrogen-bond donors (Lipinski definition) is 2. The van der Waals surface area contributed by atoms with Gasteiger partial charge in [0.25, 0.3) is 0 Å². The van der Waals surface area contributed by atoms with Crippen molar-refractivity contribution in [2.75, 3.05) is 19.8 Å². The maximum Gasteiger partial charge on any atom is 0.338 e. The van der Waals surface area contributed by atoms with Gasteiger partial charge in [0.05, 0.1) is 18.3 Å². The van der Waals surface area contributed by atoms with Crippen LogP contribution in [-0.2, 0) is 9.47 Å². The molecule has 2 unspecified atom stereocenters. The number of aliphatic hydroxyl groups is 1. The molecule has 24 heavy (non-hydrogen) atoms. The molecule has 3 rings (SSSR count). The quantitative estimate of drug-likeness (QED) is 0.623. The lowest BCUT2D eigenvalue weighted by molar-refractivity contribution is 0.0154. The van der Waals surface area contributed by atoms with Crippen LogP contribution in [0, 0.1) is 5.92 Å². The van der Waals surface area contributed by atoms with Crippen molar-refractivity contribution < 1.29 is 24.2 Å². The molecular formula is C18H19NO5. The van der Waals surface area contributed by atoms with Crippen LogP contribution in [0.5, 0.6) is 0 Å². The predicted octanol–water partition coefficient (Wildman–Crippen LogP) is 1.80. The Labute approximate surface area is 139 Å². The Kier molecular flexibility index (Phi) is 5.08. The van der Waals surface area contributed by atoms with Crippen LogP contribution in [0.3, 0.4) is 0 Å². The van der Waals surface area contributed by atoms with Crippen LogP contribution >= 0.6 is 0 Å². The van der Waals surface area contributed by atoms with E-state index in [0.29, 0.717) is 29.7 Å². The van der Waals surface area contributed by atoms with E-state index in [2.05, 4.69) is 4.98 Å². The number of H-pyrrole nitrogens is 1. The number of ether oxygens (including phenoxy) is 2. The fourth-order valence-corrected chi connectivity index (χ4v) is 2.66. The third kappa shape index (κ3) is 3.72. The molecule has 6 heteroatoms. The van der Waals surface area contributed by atoms with Gasteiger partial charge in [0.2, 0.25) is 0 Å². The molecule has 1 aliphatic heterocycles. The van der Waals surface area contributed by atoms with Gasteiger partial charge in [-0.1, -0.05) is 12.1 Å². The Morgan fingerprint density at radius 1 is 1.17 bits per heavy atom. The van der Waals surface area contributed by atoms with Gasteiger partial charge in [0.1, 0.15) is 6.61 Å². The van der Waals surface area contributed by atoms with Crippen LogP contribution in [0.25, 0.3) is 0 Å². The van der Waals surface area contributed by atoms with Crippen LogP contribution < -0.4 is 0 Å². The monoisotopic (exact) mass is 329 g/mol. The molecule has 1 aromatic heterocycles. The molecule has 0 amide bonds. The standard InChI is InChI=1S/C18H19NO5/c20-9-12-7-16(23-10-12)11-24-18(22)14-3-1-13(2-4-14)17(21)15-5-6-19-8-15/h1-6,8,12,16,19-20H,7,9-11H2. The third-order valence-electron chi connectivity index (χ3n) is 4.07. The average Bonchev–Trinajstić information content (AvgIpc) is 3.30. The van der Waals surface area contributed by atoms with Crippen molar-refractivity contribution >= 4 is 11.8 Å². The number of benzene rings is 1. The van der Waals surface area contributed by atoms with Crippen LogP contribution in [0.4, 0.5) is 0 Å². The Balaban J connectivity index is 1.55. The molecule has 0 radical (unpaired) electrons. The maximum absolute atomic E-state index is 12.2. The summed E-state index contributed by atoms with van der Waals surface area (Å²) >= 11 is 0. The smallest absolute Gasteiger partial charge is 0.338 e. The van der Waals surface area contributed by atoms with E-state index >= 15 is 0 Å². The van der Waals surface area contributed by atoms with E-state index in [4.69, 9.17) is 14.6 Å². The Morgan fingerprint density at radius 3 is 2.54 bits per heavy atom. The normalized spacial score (nSPS) is 20.0. The van der Waals surface area contributed by atoms with E-state index in [1.54, 1.807) is 42.7 Å². The minimum atomic E-state index is -0.452. The van der Waals surface area contributed by atoms with Gasteiger partial charge in [-0.05, 0) is 24.6 Å². The molecule has 1 aromatic carbocycles. The summed E-state index contributed by atoms with van der Waals surface area (Å²) in [5.41, 5.74) is 1.47. The molecule has 6 nitrogen and oxygen atoms in total. The van der Waals surface area contributed by atoms with E-state index in [9.17, 15) is 9.59 Å². The summed E-state index contributed by atoms with van der Waals surface area (Å²) in [7, 11) is 0. The third-order valence-corrected chi connectivity index (χ3v) is 4.07. The van der Waals surface area contributed by atoms with Crippen LogP contribution in [-0.4, -0.2) is 47.8 Å².